The van der Waals surface area contributed by atoms with Gasteiger partial charge in [0.1, 0.15) is 33.9 Å². The number of anilines is 2. The molecule has 6 aromatic rings. The molecule has 4 aromatic heterocycles. The zero-order valence-corrected chi connectivity index (χ0v) is 39.6. The summed E-state index contributed by atoms with van der Waals surface area (Å²) in [6.07, 6.45) is 6.19. The Balaban J connectivity index is 1.03. The van der Waals surface area contributed by atoms with E-state index >= 15 is 0 Å². The molecule has 7 amide bonds. The predicted octanol–water partition coefficient (Wildman–Crippen LogP) is 2.23. The van der Waals surface area contributed by atoms with Crippen LogP contribution in [0, 0.1) is 13.8 Å². The van der Waals surface area contributed by atoms with E-state index in [0.29, 0.717) is 65.2 Å². The van der Waals surface area contributed by atoms with Crippen LogP contribution in [0.4, 0.5) is 11.9 Å². The van der Waals surface area contributed by atoms with Crippen molar-refractivity contribution in [3.8, 4) is 11.5 Å². The Bertz CT molecular complexity index is 3170. The fraction of sp³-hybridized carbons (Fsp3) is 0.340. The standard InChI is InChI=1S/C47H52N14O10/c1-6-61-34(19-27(3)55-61)45(68)53-47-50-31-20-28(42(48)65)22-35(69-5)40(31)59(47)13-7-8-14-60-41-32(51-46(60)52-44(67)33-18-26(2)54-56(33)4)21-29(43(49)66)23-36(41)71-17-9-16-70-30-24-57(25-30)37(62)12-15-58-38(63)10-11-39(58)64/h7-8,10-11,18-23,30H,6,9,12-17,24-25H2,1-5H3,(H2,48,65)(H2,49,66)(H,50,53,68)(H,51,52,67)/b8-7+. The highest BCUT2D eigenvalue weighted by Crippen LogP contribution is 2.33. The molecule has 370 valence electrons. The molecule has 71 heavy (non-hydrogen) atoms. The van der Waals surface area contributed by atoms with Gasteiger partial charge < -0.3 is 39.7 Å². The van der Waals surface area contributed by atoms with E-state index in [1.54, 1.807) is 63.9 Å². The Hall–Kier alpha value is -8.67. The van der Waals surface area contributed by atoms with Crippen LogP contribution in [0.15, 0.2) is 60.7 Å². The fourth-order valence-corrected chi connectivity index (χ4v) is 8.30. The van der Waals surface area contributed by atoms with Crippen molar-refractivity contribution in [2.45, 2.75) is 59.4 Å². The van der Waals surface area contributed by atoms with Crippen LogP contribution in [-0.4, -0.2) is 136 Å². The number of imide groups is 1. The summed E-state index contributed by atoms with van der Waals surface area (Å²) in [4.78, 5) is 101. The zero-order valence-electron chi connectivity index (χ0n) is 39.6. The van der Waals surface area contributed by atoms with Gasteiger partial charge in [0.2, 0.25) is 29.6 Å². The van der Waals surface area contributed by atoms with Gasteiger partial charge in [-0.3, -0.25) is 58.5 Å². The number of methoxy groups -OCH3 is 1. The molecule has 0 radical (unpaired) electrons. The Morgan fingerprint density at radius 3 is 1.86 bits per heavy atom. The molecule has 0 spiro atoms. The molecule has 2 aliphatic rings. The third kappa shape index (κ3) is 10.4. The van der Waals surface area contributed by atoms with Crippen LogP contribution in [0.1, 0.15) is 72.8 Å². The molecule has 1 fully saturated rings. The van der Waals surface area contributed by atoms with E-state index in [2.05, 4.69) is 25.8 Å². The Morgan fingerprint density at radius 2 is 1.31 bits per heavy atom. The monoisotopic (exact) mass is 972 g/mol. The summed E-state index contributed by atoms with van der Waals surface area (Å²) in [5, 5.41) is 14.5. The van der Waals surface area contributed by atoms with Gasteiger partial charge in [-0.05, 0) is 57.2 Å². The smallest absolute Gasteiger partial charge is 0.276 e. The maximum absolute atomic E-state index is 13.7. The number of fused-ring (bicyclic) bond motifs is 2. The van der Waals surface area contributed by atoms with Gasteiger partial charge in [-0.25, -0.2) is 9.97 Å². The Labute approximate surface area is 405 Å². The van der Waals surface area contributed by atoms with Gasteiger partial charge in [0.25, 0.3) is 23.6 Å². The number of hydrogen-bond acceptors (Lipinski definition) is 14. The Kier molecular flexibility index (Phi) is 14.1. The van der Waals surface area contributed by atoms with E-state index < -0.39 is 35.4 Å². The number of hydrogen-bond donors (Lipinski definition) is 4. The molecule has 24 heteroatoms. The number of nitrogens with zero attached hydrogens (tertiary/aromatic N) is 10. The van der Waals surface area contributed by atoms with Gasteiger partial charge in [0, 0.05) is 82.4 Å². The number of likely N-dealkylation sites (tertiary alicyclic amines) is 1. The fourth-order valence-electron chi connectivity index (χ4n) is 8.30. The summed E-state index contributed by atoms with van der Waals surface area (Å²) in [6.45, 7) is 7.23. The maximum Gasteiger partial charge on any atom is 0.276 e. The molecule has 8 rings (SSSR count). The van der Waals surface area contributed by atoms with Crippen molar-refractivity contribution in [3.05, 3.63) is 94.6 Å². The summed E-state index contributed by atoms with van der Waals surface area (Å²) in [5.41, 5.74) is 15.1. The topological polar surface area (TPSA) is 301 Å². The summed E-state index contributed by atoms with van der Waals surface area (Å²) in [7, 11) is 3.08. The number of allylic oxidation sites excluding steroid dienone is 2. The van der Waals surface area contributed by atoms with Crippen molar-refractivity contribution in [2.75, 3.05) is 50.6 Å². The van der Waals surface area contributed by atoms with Crippen molar-refractivity contribution >= 4 is 75.3 Å². The second-order valence-corrected chi connectivity index (χ2v) is 16.8. The normalized spacial score (nSPS) is 13.8. The van der Waals surface area contributed by atoms with Crippen LogP contribution in [0.25, 0.3) is 22.1 Å². The molecular formula is C47H52N14O10. The van der Waals surface area contributed by atoms with Gasteiger partial charge in [-0.2, -0.15) is 10.2 Å². The van der Waals surface area contributed by atoms with E-state index in [9.17, 15) is 33.6 Å². The van der Waals surface area contributed by atoms with Crippen LogP contribution in [0.5, 0.6) is 11.5 Å². The van der Waals surface area contributed by atoms with Gasteiger partial charge in [0.05, 0.1) is 48.8 Å². The van der Waals surface area contributed by atoms with E-state index in [1.807, 2.05) is 6.92 Å². The van der Waals surface area contributed by atoms with Crippen molar-refractivity contribution in [2.24, 2.45) is 18.5 Å². The molecule has 0 atom stereocenters. The number of nitrogens with one attached hydrogen (secondary N) is 2. The molecule has 6 heterocycles. The first-order valence-electron chi connectivity index (χ1n) is 22.6. The van der Waals surface area contributed by atoms with Crippen LogP contribution in [0.3, 0.4) is 0 Å². The number of ether oxygens (including phenoxy) is 3. The maximum atomic E-state index is 13.7. The molecule has 0 bridgehead atoms. The first-order chi connectivity index (χ1) is 34.0. The number of primary amides is 2. The second-order valence-electron chi connectivity index (χ2n) is 16.8. The summed E-state index contributed by atoms with van der Waals surface area (Å²) in [6, 6.07) is 9.31. The van der Waals surface area contributed by atoms with Crippen LogP contribution in [-0.2, 0) is 45.8 Å². The number of amides is 7. The van der Waals surface area contributed by atoms with E-state index in [0.717, 1.165) is 4.90 Å². The number of carbonyl (C=O) groups is 7. The SMILES string of the molecule is CCn1nc(C)cc1C(=O)Nc1nc2cc(C(N)=O)cc(OC)c2n1C/C=C/Cn1c(NC(=O)c2cc(C)nn2C)nc2cc(C(N)=O)cc(OCCCOC3CN(C(=O)CCN4C(=O)C=CC4=O)C3)c21. The minimum absolute atomic E-state index is 0.00965. The lowest BCUT2D eigenvalue weighted by atomic mass is 10.1. The molecule has 0 aliphatic carbocycles. The minimum Gasteiger partial charge on any atom is -0.494 e. The summed E-state index contributed by atoms with van der Waals surface area (Å²) in [5.74, 6) is -2.65. The van der Waals surface area contributed by atoms with Gasteiger partial charge in [0.15, 0.2) is 0 Å². The minimum atomic E-state index is -0.729. The zero-order chi connectivity index (χ0) is 50.7. The first kappa shape index (κ1) is 48.8. The lowest BCUT2D eigenvalue weighted by molar-refractivity contribution is -0.146. The number of imidazole rings is 2. The largest absolute Gasteiger partial charge is 0.494 e. The lowest BCUT2D eigenvalue weighted by Gasteiger charge is -2.39. The van der Waals surface area contributed by atoms with Crippen molar-refractivity contribution in [3.63, 3.8) is 0 Å². The van der Waals surface area contributed by atoms with Crippen molar-refractivity contribution in [1.29, 1.82) is 0 Å². The summed E-state index contributed by atoms with van der Waals surface area (Å²) < 4.78 is 24.4. The first-order valence-corrected chi connectivity index (χ1v) is 22.6. The molecular weight excluding hydrogens is 921 g/mol. The van der Waals surface area contributed by atoms with Crippen LogP contribution < -0.4 is 31.6 Å². The average molecular weight is 973 g/mol. The number of aromatic nitrogens is 8. The molecule has 0 unspecified atom stereocenters. The molecule has 24 nitrogen and oxygen atoms in total. The van der Waals surface area contributed by atoms with Crippen molar-refractivity contribution in [1.82, 2.24) is 48.5 Å². The molecule has 1 saturated heterocycles. The average Bonchev–Trinajstić information content (AvgIpc) is 4.13. The number of aryl methyl sites for hydroxylation is 4. The highest BCUT2D eigenvalue weighted by atomic mass is 16.5. The van der Waals surface area contributed by atoms with E-state index in [1.165, 1.54) is 48.2 Å². The highest BCUT2D eigenvalue weighted by Gasteiger charge is 2.33. The van der Waals surface area contributed by atoms with Gasteiger partial charge in [-0.15, -0.1) is 0 Å². The van der Waals surface area contributed by atoms with E-state index in [4.69, 9.17) is 30.7 Å². The third-order valence-corrected chi connectivity index (χ3v) is 11.8. The lowest BCUT2D eigenvalue weighted by Crippen LogP contribution is -2.55. The second kappa shape index (κ2) is 20.5. The van der Waals surface area contributed by atoms with E-state index in [-0.39, 0.29) is 91.5 Å². The molecule has 2 aromatic carbocycles. The highest BCUT2D eigenvalue weighted by molar-refractivity contribution is 6.13. The number of carbonyl (C=O) groups excluding carboxylic acids is 7. The predicted molar refractivity (Wildman–Crippen MR) is 256 cm³/mol. The number of benzene rings is 2. The molecule has 6 N–H and O–H groups in total. The number of rotatable bonds is 21. The van der Waals surface area contributed by atoms with Gasteiger partial charge in [-0.1, -0.05) is 12.2 Å². The number of nitrogens with two attached hydrogens (primary N) is 2. The van der Waals surface area contributed by atoms with Crippen LogP contribution >= 0.6 is 0 Å². The van der Waals surface area contributed by atoms with Crippen LogP contribution in [0.2, 0.25) is 0 Å². The summed E-state index contributed by atoms with van der Waals surface area (Å²) >= 11 is 0. The molecule has 2 aliphatic heterocycles. The quantitative estimate of drug-likeness (QED) is 0.0457. The third-order valence-electron chi connectivity index (χ3n) is 11.8. The van der Waals surface area contributed by atoms with Gasteiger partial charge >= 0.3 is 0 Å². The van der Waals surface area contributed by atoms with Crippen molar-refractivity contribution < 1.29 is 47.8 Å². The Morgan fingerprint density at radius 1 is 0.761 bits per heavy atom. The molecule has 0 saturated carbocycles.